The Morgan fingerprint density at radius 1 is 0.952 bits per heavy atom. The average Bonchev–Trinajstić information content (AvgIpc) is 2.97. The predicted octanol–water partition coefficient (Wildman–Crippen LogP) is 4.16. The Morgan fingerprint density at radius 2 is 1.60 bits per heavy atom. The summed E-state index contributed by atoms with van der Waals surface area (Å²) in [4.78, 5) is 29.1. The average molecular weight is 600 g/mol. The lowest BCUT2D eigenvalue weighted by Gasteiger charge is -2.34. The lowest BCUT2D eigenvalue weighted by molar-refractivity contribution is -0.140. The van der Waals surface area contributed by atoms with Crippen LogP contribution in [-0.4, -0.2) is 64.2 Å². The molecule has 0 saturated heterocycles. The molecule has 0 bridgehead atoms. The van der Waals surface area contributed by atoms with Crippen LogP contribution in [-0.2, 0) is 32.6 Å². The Bertz CT molecular complexity index is 1470. The third-order valence-corrected chi connectivity index (χ3v) is 8.05. The van der Waals surface area contributed by atoms with Gasteiger partial charge in [0.15, 0.2) is 11.5 Å². The largest absolute Gasteiger partial charge is 0.493 e. The number of hydrogen-bond donors (Lipinski definition) is 1. The van der Waals surface area contributed by atoms with Crippen molar-refractivity contribution in [3.63, 3.8) is 0 Å². The van der Waals surface area contributed by atoms with Crippen molar-refractivity contribution in [3.05, 3.63) is 89.7 Å². The van der Waals surface area contributed by atoms with E-state index in [1.54, 1.807) is 6.07 Å². The Labute approximate surface area is 247 Å². The van der Waals surface area contributed by atoms with E-state index in [0.29, 0.717) is 12.2 Å². The van der Waals surface area contributed by atoms with Crippen LogP contribution in [0.1, 0.15) is 31.4 Å². The van der Waals surface area contributed by atoms with Gasteiger partial charge in [-0.15, -0.1) is 0 Å². The number of carbonyl (C=O) groups is 2. The summed E-state index contributed by atoms with van der Waals surface area (Å²) in [7, 11) is -1.12. The quantitative estimate of drug-likeness (QED) is 0.298. The first-order valence-corrected chi connectivity index (χ1v) is 15.4. The highest BCUT2D eigenvalue weighted by atomic mass is 32.2. The standard InChI is InChI=1S/C31H38FN3O6S/c1-6-22(2)33-31(37)27(18-23-12-8-7-9-13-23)34(20-24-14-10-11-15-26(24)32)30(36)21-35(42(5,38)39)25-16-17-28(40-3)29(19-25)41-4/h7-17,19,22,27H,6,18,20-21H2,1-5H3,(H,33,37)/t22-,27+/m0/s1. The molecule has 0 radical (unpaired) electrons. The molecule has 0 aliphatic heterocycles. The number of ether oxygens (including phenoxy) is 2. The molecule has 3 aromatic rings. The normalized spacial score (nSPS) is 12.6. The number of halogens is 1. The van der Waals surface area contributed by atoms with Crippen LogP contribution in [0.3, 0.4) is 0 Å². The van der Waals surface area contributed by atoms with Crippen molar-refractivity contribution < 1.29 is 31.9 Å². The summed E-state index contributed by atoms with van der Waals surface area (Å²) in [6.45, 7) is 2.89. The van der Waals surface area contributed by atoms with Crippen LogP contribution in [0, 0.1) is 5.82 Å². The number of benzene rings is 3. The maximum Gasteiger partial charge on any atom is 0.244 e. The summed E-state index contributed by atoms with van der Waals surface area (Å²) in [5.41, 5.74) is 1.14. The van der Waals surface area contributed by atoms with E-state index in [1.165, 1.54) is 55.5 Å². The number of methoxy groups -OCH3 is 2. The van der Waals surface area contributed by atoms with Gasteiger partial charge in [-0.1, -0.05) is 55.5 Å². The van der Waals surface area contributed by atoms with Gasteiger partial charge >= 0.3 is 0 Å². The van der Waals surface area contributed by atoms with Crippen LogP contribution in [0.25, 0.3) is 0 Å². The van der Waals surface area contributed by atoms with Gasteiger partial charge < -0.3 is 19.7 Å². The molecule has 3 aromatic carbocycles. The highest BCUT2D eigenvalue weighted by Crippen LogP contribution is 2.32. The highest BCUT2D eigenvalue weighted by molar-refractivity contribution is 7.92. The van der Waals surface area contributed by atoms with E-state index >= 15 is 0 Å². The number of amides is 2. The van der Waals surface area contributed by atoms with E-state index < -0.39 is 40.2 Å². The number of anilines is 1. The molecule has 1 N–H and O–H groups in total. The van der Waals surface area contributed by atoms with E-state index in [4.69, 9.17) is 9.47 Å². The van der Waals surface area contributed by atoms with Crippen LogP contribution in [0.15, 0.2) is 72.8 Å². The predicted molar refractivity (Wildman–Crippen MR) is 161 cm³/mol. The fraction of sp³-hybridized carbons (Fsp3) is 0.355. The van der Waals surface area contributed by atoms with Crippen LogP contribution in [0.5, 0.6) is 11.5 Å². The van der Waals surface area contributed by atoms with Gasteiger partial charge in [0.05, 0.1) is 26.2 Å². The maximum atomic E-state index is 14.9. The van der Waals surface area contributed by atoms with Crippen molar-refractivity contribution in [1.29, 1.82) is 0 Å². The molecule has 0 spiro atoms. The number of nitrogens with one attached hydrogen (secondary N) is 1. The molecular formula is C31H38FN3O6S. The van der Waals surface area contributed by atoms with E-state index in [2.05, 4.69) is 5.32 Å². The zero-order valence-electron chi connectivity index (χ0n) is 24.5. The molecule has 42 heavy (non-hydrogen) atoms. The van der Waals surface area contributed by atoms with Gasteiger partial charge in [0.2, 0.25) is 21.8 Å². The van der Waals surface area contributed by atoms with Gasteiger partial charge in [-0.3, -0.25) is 13.9 Å². The molecule has 2 atom stereocenters. The van der Waals surface area contributed by atoms with Crippen molar-refractivity contribution in [2.45, 2.75) is 45.3 Å². The molecule has 2 amide bonds. The van der Waals surface area contributed by atoms with Crippen molar-refractivity contribution in [2.24, 2.45) is 0 Å². The molecule has 9 nitrogen and oxygen atoms in total. The number of carbonyl (C=O) groups excluding carboxylic acids is 2. The molecule has 226 valence electrons. The Hall–Kier alpha value is -4.12. The lowest BCUT2D eigenvalue weighted by Crippen LogP contribution is -2.54. The SMILES string of the molecule is CC[C@H](C)NC(=O)[C@@H](Cc1ccccc1)N(Cc1ccccc1F)C(=O)CN(c1ccc(OC)c(OC)c1)S(C)(=O)=O. The minimum atomic E-state index is -3.99. The molecule has 0 heterocycles. The van der Waals surface area contributed by atoms with Crippen LogP contribution >= 0.6 is 0 Å². The van der Waals surface area contributed by atoms with E-state index in [-0.39, 0.29) is 36.0 Å². The highest BCUT2D eigenvalue weighted by Gasteiger charge is 2.34. The molecule has 0 aromatic heterocycles. The lowest BCUT2D eigenvalue weighted by atomic mass is 10.0. The Balaban J connectivity index is 2.09. The van der Waals surface area contributed by atoms with Crippen LogP contribution < -0.4 is 19.1 Å². The topological polar surface area (TPSA) is 105 Å². The molecule has 0 saturated carbocycles. The second-order valence-corrected chi connectivity index (χ2v) is 11.9. The van der Waals surface area contributed by atoms with Crippen LogP contribution in [0.4, 0.5) is 10.1 Å². The van der Waals surface area contributed by atoms with Crippen molar-refractivity contribution >= 4 is 27.5 Å². The summed E-state index contributed by atoms with van der Waals surface area (Å²) < 4.78 is 52.3. The first-order valence-electron chi connectivity index (χ1n) is 13.5. The van der Waals surface area contributed by atoms with Crippen molar-refractivity contribution in [1.82, 2.24) is 10.2 Å². The Kier molecular flexibility index (Phi) is 11.3. The molecule has 3 rings (SSSR count). The van der Waals surface area contributed by atoms with Gasteiger partial charge in [0.25, 0.3) is 0 Å². The van der Waals surface area contributed by atoms with Gasteiger partial charge in [-0.05, 0) is 37.1 Å². The second kappa shape index (κ2) is 14.7. The zero-order valence-corrected chi connectivity index (χ0v) is 25.4. The van der Waals surface area contributed by atoms with Crippen molar-refractivity contribution in [2.75, 3.05) is 31.3 Å². The minimum Gasteiger partial charge on any atom is -0.493 e. The van der Waals surface area contributed by atoms with Gasteiger partial charge in [0.1, 0.15) is 18.4 Å². The van der Waals surface area contributed by atoms with Crippen molar-refractivity contribution in [3.8, 4) is 11.5 Å². The van der Waals surface area contributed by atoms with Gasteiger partial charge in [-0.25, -0.2) is 12.8 Å². The first kappa shape index (κ1) is 32.4. The summed E-state index contributed by atoms with van der Waals surface area (Å²) in [6, 6.07) is 18.4. The summed E-state index contributed by atoms with van der Waals surface area (Å²) in [5.74, 6) is -0.995. The molecule has 0 unspecified atom stereocenters. The number of nitrogens with zero attached hydrogens (tertiary/aromatic N) is 2. The summed E-state index contributed by atoms with van der Waals surface area (Å²) in [6.07, 6.45) is 1.78. The summed E-state index contributed by atoms with van der Waals surface area (Å²) >= 11 is 0. The molecule has 0 aliphatic carbocycles. The summed E-state index contributed by atoms with van der Waals surface area (Å²) in [5, 5.41) is 2.94. The van der Waals surface area contributed by atoms with Crippen LogP contribution in [0.2, 0.25) is 0 Å². The Morgan fingerprint density at radius 3 is 2.19 bits per heavy atom. The molecular weight excluding hydrogens is 561 g/mol. The van der Waals surface area contributed by atoms with E-state index in [0.717, 1.165) is 16.1 Å². The fourth-order valence-electron chi connectivity index (χ4n) is 4.40. The van der Waals surface area contributed by atoms with Gasteiger partial charge in [-0.2, -0.15) is 0 Å². The fourth-order valence-corrected chi connectivity index (χ4v) is 5.24. The third kappa shape index (κ3) is 8.45. The second-order valence-electron chi connectivity index (χ2n) is 9.95. The molecule has 11 heteroatoms. The zero-order chi connectivity index (χ0) is 30.9. The number of rotatable bonds is 14. The van der Waals surface area contributed by atoms with Gasteiger partial charge in [0, 0.05) is 30.6 Å². The number of sulfonamides is 1. The molecule has 0 fully saturated rings. The monoisotopic (exact) mass is 599 g/mol. The third-order valence-electron chi connectivity index (χ3n) is 6.90. The number of hydrogen-bond acceptors (Lipinski definition) is 6. The molecule has 0 aliphatic rings. The van der Waals surface area contributed by atoms with E-state index in [1.807, 2.05) is 44.2 Å². The smallest absolute Gasteiger partial charge is 0.244 e. The van der Waals surface area contributed by atoms with E-state index in [9.17, 15) is 22.4 Å². The minimum absolute atomic E-state index is 0.137. The first-order chi connectivity index (χ1) is 20.0. The maximum absolute atomic E-state index is 14.9.